The minimum Gasteiger partial charge on any atom is -0.477 e. The number of methoxy groups -OCH3 is 1. The molecular weight excluding hydrogens is 386 g/mol. The predicted octanol–water partition coefficient (Wildman–Crippen LogP) is 5.92. The monoisotopic (exact) mass is 421 g/mol. The summed E-state index contributed by atoms with van der Waals surface area (Å²) in [5.41, 5.74) is 7.57. The summed E-state index contributed by atoms with van der Waals surface area (Å²) in [6.07, 6.45) is 4.80. The second-order valence-electron chi connectivity index (χ2n) is 7.80. The molecule has 0 aliphatic heterocycles. The molecule has 0 radical (unpaired) electrons. The summed E-state index contributed by atoms with van der Waals surface area (Å²) in [5, 5.41) is 9.64. The van der Waals surface area contributed by atoms with Gasteiger partial charge in [-0.05, 0) is 69.2 Å². The van der Waals surface area contributed by atoms with E-state index in [0.29, 0.717) is 24.0 Å². The van der Waals surface area contributed by atoms with Gasteiger partial charge < -0.3 is 9.47 Å². The van der Waals surface area contributed by atoms with Gasteiger partial charge >= 0.3 is 0 Å². The molecule has 2 aromatic heterocycles. The van der Waals surface area contributed by atoms with Crippen molar-refractivity contribution in [3.63, 3.8) is 0 Å². The van der Waals surface area contributed by atoms with E-state index in [4.69, 9.17) is 14.5 Å². The maximum Gasteiger partial charge on any atom is 0.231 e. The number of hydrogen-bond acceptors (Lipinski definition) is 5. The van der Waals surface area contributed by atoms with Crippen molar-refractivity contribution >= 4 is 5.57 Å². The van der Waals surface area contributed by atoms with E-state index in [0.717, 1.165) is 59.7 Å². The summed E-state index contributed by atoms with van der Waals surface area (Å²) >= 11 is 0. The first-order chi connectivity index (χ1) is 14.9. The Bertz CT molecular complexity index is 974. The first-order valence-corrected chi connectivity index (χ1v) is 11.1. The molecule has 2 aromatic rings. The number of nitrogens with zero attached hydrogens (tertiary/aromatic N) is 3. The van der Waals surface area contributed by atoms with Gasteiger partial charge in [-0.2, -0.15) is 5.26 Å². The Morgan fingerprint density at radius 2 is 1.97 bits per heavy atom. The molecule has 0 saturated carbocycles. The third-order valence-corrected chi connectivity index (χ3v) is 5.64. The third-order valence-electron chi connectivity index (χ3n) is 5.64. The number of ether oxygens (including phenoxy) is 2. The molecule has 0 bridgehead atoms. The fourth-order valence-electron chi connectivity index (χ4n) is 3.78. The highest BCUT2D eigenvalue weighted by Crippen LogP contribution is 2.33. The van der Waals surface area contributed by atoms with Crippen molar-refractivity contribution < 1.29 is 9.47 Å². The number of aryl methyl sites for hydroxylation is 2. The SMILES string of the molecule is C/C=C(/C)c1nc(-c2cc(C#N)c(OCC)nc2CC)c(C)cc1CC(CC)COC. The number of nitriles is 1. The van der Waals surface area contributed by atoms with Gasteiger partial charge in [-0.3, -0.25) is 0 Å². The van der Waals surface area contributed by atoms with Crippen LogP contribution in [0.4, 0.5) is 0 Å². The Morgan fingerprint density at radius 1 is 1.23 bits per heavy atom. The second kappa shape index (κ2) is 11.6. The van der Waals surface area contributed by atoms with Crippen LogP contribution in [0.15, 0.2) is 18.2 Å². The Labute approximate surface area is 187 Å². The predicted molar refractivity (Wildman–Crippen MR) is 126 cm³/mol. The minimum atomic E-state index is 0.398. The van der Waals surface area contributed by atoms with E-state index in [-0.39, 0.29) is 0 Å². The number of rotatable bonds is 10. The molecule has 5 heteroatoms. The van der Waals surface area contributed by atoms with Crippen molar-refractivity contribution in [3.8, 4) is 23.2 Å². The molecule has 5 nitrogen and oxygen atoms in total. The lowest BCUT2D eigenvalue weighted by molar-refractivity contribution is 0.150. The lowest BCUT2D eigenvalue weighted by Gasteiger charge is -2.20. The van der Waals surface area contributed by atoms with Gasteiger partial charge in [-0.1, -0.05) is 32.4 Å². The Balaban J connectivity index is 2.69. The van der Waals surface area contributed by atoms with E-state index >= 15 is 0 Å². The molecule has 2 heterocycles. The molecule has 31 heavy (non-hydrogen) atoms. The summed E-state index contributed by atoms with van der Waals surface area (Å²) in [4.78, 5) is 9.78. The third kappa shape index (κ3) is 5.71. The van der Waals surface area contributed by atoms with Crippen LogP contribution in [0.5, 0.6) is 5.88 Å². The average Bonchev–Trinajstić information content (AvgIpc) is 2.78. The van der Waals surface area contributed by atoms with Crippen molar-refractivity contribution in [1.29, 1.82) is 5.26 Å². The van der Waals surface area contributed by atoms with E-state index in [1.54, 1.807) is 7.11 Å². The van der Waals surface area contributed by atoms with E-state index in [2.05, 4.69) is 50.9 Å². The summed E-state index contributed by atoms with van der Waals surface area (Å²) in [7, 11) is 1.76. The Morgan fingerprint density at radius 3 is 2.52 bits per heavy atom. The van der Waals surface area contributed by atoms with Crippen molar-refractivity contribution in [2.45, 2.75) is 60.8 Å². The second-order valence-corrected chi connectivity index (χ2v) is 7.80. The van der Waals surface area contributed by atoms with Gasteiger partial charge in [0.2, 0.25) is 5.88 Å². The molecule has 1 unspecified atom stereocenters. The molecule has 2 rings (SSSR count). The highest BCUT2D eigenvalue weighted by Gasteiger charge is 2.20. The highest BCUT2D eigenvalue weighted by molar-refractivity contribution is 5.73. The first kappa shape index (κ1) is 24.6. The lowest BCUT2D eigenvalue weighted by atomic mass is 9.91. The average molecular weight is 422 g/mol. The van der Waals surface area contributed by atoms with Crippen molar-refractivity contribution in [2.24, 2.45) is 5.92 Å². The first-order valence-electron chi connectivity index (χ1n) is 11.1. The van der Waals surface area contributed by atoms with Crippen molar-refractivity contribution in [2.75, 3.05) is 20.3 Å². The van der Waals surface area contributed by atoms with Gasteiger partial charge in [0.1, 0.15) is 11.6 Å². The van der Waals surface area contributed by atoms with E-state index in [1.807, 2.05) is 19.9 Å². The van der Waals surface area contributed by atoms with Gasteiger partial charge in [0.25, 0.3) is 0 Å². The van der Waals surface area contributed by atoms with Crippen LogP contribution in [-0.4, -0.2) is 30.3 Å². The van der Waals surface area contributed by atoms with Crippen LogP contribution in [0.3, 0.4) is 0 Å². The lowest BCUT2D eigenvalue weighted by Crippen LogP contribution is -2.13. The molecule has 0 fully saturated rings. The number of hydrogen-bond donors (Lipinski definition) is 0. The van der Waals surface area contributed by atoms with E-state index in [9.17, 15) is 5.26 Å². The summed E-state index contributed by atoms with van der Waals surface area (Å²) in [5.74, 6) is 0.846. The molecule has 0 aliphatic rings. The zero-order valence-electron chi connectivity index (χ0n) is 20.0. The fourth-order valence-corrected chi connectivity index (χ4v) is 3.78. The minimum absolute atomic E-state index is 0.398. The van der Waals surface area contributed by atoms with Crippen molar-refractivity contribution in [1.82, 2.24) is 9.97 Å². The summed E-state index contributed by atoms with van der Waals surface area (Å²) in [6, 6.07) is 6.34. The molecule has 0 saturated heterocycles. The molecule has 0 aliphatic carbocycles. The number of allylic oxidation sites excluding steroid dienone is 2. The number of aromatic nitrogens is 2. The molecule has 1 atom stereocenters. The van der Waals surface area contributed by atoms with Crippen LogP contribution in [0.2, 0.25) is 0 Å². The van der Waals surface area contributed by atoms with Crippen LogP contribution < -0.4 is 4.74 Å². The zero-order chi connectivity index (χ0) is 23.0. The number of pyridine rings is 2. The summed E-state index contributed by atoms with van der Waals surface area (Å²) in [6.45, 7) is 13.6. The molecular formula is C26H35N3O2. The van der Waals surface area contributed by atoms with E-state index in [1.165, 1.54) is 5.56 Å². The van der Waals surface area contributed by atoms with Gasteiger partial charge in [0, 0.05) is 19.3 Å². The Kier molecular flexibility index (Phi) is 9.21. The van der Waals surface area contributed by atoms with Gasteiger partial charge in [-0.25, -0.2) is 9.97 Å². The standard InChI is InChI=1S/C26H35N3O2/c1-8-17(5)24-20(13-19(9-2)16-30-7)12-18(6)25(29-24)22-14-21(15-27)26(31-11-4)28-23(22)10-3/h8,12,14,19H,9-11,13,16H2,1-7H3/b17-8-. The Hall–Kier alpha value is -2.71. The van der Waals surface area contributed by atoms with Crippen LogP contribution in [0.25, 0.3) is 16.8 Å². The maximum absolute atomic E-state index is 9.64. The molecule has 0 amide bonds. The quantitative estimate of drug-likeness (QED) is 0.476. The van der Waals surface area contributed by atoms with Crippen LogP contribution in [0, 0.1) is 24.2 Å². The molecule has 0 aromatic carbocycles. The fraction of sp³-hybridized carbons (Fsp3) is 0.500. The molecule has 0 N–H and O–H groups in total. The van der Waals surface area contributed by atoms with Gasteiger partial charge in [0.15, 0.2) is 0 Å². The summed E-state index contributed by atoms with van der Waals surface area (Å²) < 4.78 is 11.0. The zero-order valence-corrected chi connectivity index (χ0v) is 20.0. The normalized spacial score (nSPS) is 12.5. The maximum atomic E-state index is 9.64. The molecule has 0 spiro atoms. The highest BCUT2D eigenvalue weighted by atomic mass is 16.5. The smallest absolute Gasteiger partial charge is 0.231 e. The van der Waals surface area contributed by atoms with Crippen LogP contribution in [-0.2, 0) is 17.6 Å². The van der Waals surface area contributed by atoms with Gasteiger partial charge in [0.05, 0.1) is 23.7 Å². The largest absolute Gasteiger partial charge is 0.477 e. The van der Waals surface area contributed by atoms with E-state index < -0.39 is 0 Å². The van der Waals surface area contributed by atoms with Crippen LogP contribution >= 0.6 is 0 Å². The van der Waals surface area contributed by atoms with Crippen LogP contribution in [0.1, 0.15) is 69.1 Å². The van der Waals surface area contributed by atoms with Gasteiger partial charge in [-0.15, -0.1) is 0 Å². The molecule has 166 valence electrons. The van der Waals surface area contributed by atoms with Crippen molar-refractivity contribution in [3.05, 3.63) is 46.3 Å². The topological polar surface area (TPSA) is 68.0 Å².